The van der Waals surface area contributed by atoms with E-state index in [-0.39, 0.29) is 28.3 Å². The van der Waals surface area contributed by atoms with Gasteiger partial charge in [-0.3, -0.25) is 14.4 Å². The lowest BCUT2D eigenvalue weighted by Gasteiger charge is -2.24. The molecule has 1 fully saturated rings. The number of benzene rings is 2. The van der Waals surface area contributed by atoms with Crippen molar-refractivity contribution in [3.05, 3.63) is 63.4 Å². The summed E-state index contributed by atoms with van der Waals surface area (Å²) in [5.74, 6) is -0.290. The minimum absolute atomic E-state index is 0.154. The van der Waals surface area contributed by atoms with Gasteiger partial charge in [0.05, 0.1) is 27.7 Å². The molecule has 1 aliphatic heterocycles. The van der Waals surface area contributed by atoms with Crippen molar-refractivity contribution in [2.75, 3.05) is 13.6 Å². The Bertz CT molecular complexity index is 1240. The number of nitrogens with one attached hydrogen (secondary N) is 3. The second-order valence-corrected chi connectivity index (χ2v) is 8.79. The van der Waals surface area contributed by atoms with Gasteiger partial charge in [0, 0.05) is 24.2 Å². The number of carbonyl (C=O) groups is 3. The van der Waals surface area contributed by atoms with Crippen molar-refractivity contribution in [1.29, 1.82) is 0 Å². The zero-order valence-electron chi connectivity index (χ0n) is 18.1. The summed E-state index contributed by atoms with van der Waals surface area (Å²) < 4.78 is 0. The number of likely N-dealkylation sites (tertiary alicyclic amines) is 1. The Labute approximate surface area is 200 Å². The Morgan fingerprint density at radius 2 is 1.97 bits per heavy atom. The highest BCUT2D eigenvalue weighted by Crippen LogP contribution is 2.26. The molecule has 2 heterocycles. The lowest BCUT2D eigenvalue weighted by atomic mass is 10.1. The van der Waals surface area contributed by atoms with E-state index in [1.54, 1.807) is 25.2 Å². The van der Waals surface area contributed by atoms with Gasteiger partial charge in [0.1, 0.15) is 11.9 Å². The second-order valence-electron chi connectivity index (χ2n) is 7.94. The zero-order valence-corrected chi connectivity index (χ0v) is 19.6. The van der Waals surface area contributed by atoms with Gasteiger partial charge < -0.3 is 20.5 Å². The van der Waals surface area contributed by atoms with Crippen molar-refractivity contribution < 1.29 is 14.4 Å². The fourth-order valence-electron chi connectivity index (χ4n) is 3.99. The highest BCUT2D eigenvalue weighted by atomic mass is 35.5. The van der Waals surface area contributed by atoms with E-state index in [0.717, 1.165) is 11.9 Å². The van der Waals surface area contributed by atoms with Crippen LogP contribution in [0.5, 0.6) is 0 Å². The molecule has 1 aliphatic rings. The number of likely N-dealkylation sites (N-methyl/N-ethyl adjacent to an activating group) is 1. The van der Waals surface area contributed by atoms with Crippen molar-refractivity contribution in [3.63, 3.8) is 0 Å². The van der Waals surface area contributed by atoms with Crippen LogP contribution in [0.2, 0.25) is 10.0 Å². The minimum Gasteiger partial charge on any atom is -0.357 e. The third kappa shape index (κ3) is 4.67. The highest BCUT2D eigenvalue weighted by molar-refractivity contribution is 6.34. The van der Waals surface area contributed by atoms with Gasteiger partial charge in [-0.1, -0.05) is 23.2 Å². The number of carbonyl (C=O) groups excluding carboxylic acids is 3. The molecule has 2 aromatic carbocycles. The molecule has 3 aromatic rings. The summed E-state index contributed by atoms with van der Waals surface area (Å²) in [4.78, 5) is 47.0. The first-order chi connectivity index (χ1) is 15.8. The normalized spacial score (nSPS) is 16.6. The molecule has 8 nitrogen and oxygen atoms in total. The Morgan fingerprint density at radius 3 is 2.70 bits per heavy atom. The molecule has 172 valence electrons. The van der Waals surface area contributed by atoms with E-state index >= 15 is 0 Å². The monoisotopic (exact) mass is 487 g/mol. The molecule has 3 N–H and O–H groups in total. The molecule has 33 heavy (non-hydrogen) atoms. The molecule has 0 saturated carbocycles. The molecule has 4 rings (SSSR count). The number of hydrogen-bond donors (Lipinski definition) is 3. The predicted molar refractivity (Wildman–Crippen MR) is 127 cm³/mol. The molecular weight excluding hydrogens is 465 g/mol. The van der Waals surface area contributed by atoms with Crippen molar-refractivity contribution in [2.24, 2.45) is 0 Å². The molecule has 1 saturated heterocycles. The van der Waals surface area contributed by atoms with Crippen molar-refractivity contribution in [3.8, 4) is 0 Å². The Hall–Kier alpha value is -3.10. The smallest absolute Gasteiger partial charge is 0.256 e. The molecule has 1 aromatic heterocycles. The fourth-order valence-corrected chi connectivity index (χ4v) is 4.41. The van der Waals surface area contributed by atoms with Crippen LogP contribution in [0.4, 0.5) is 0 Å². The summed E-state index contributed by atoms with van der Waals surface area (Å²) in [6.45, 7) is 2.29. The number of imidazole rings is 1. The minimum atomic E-state index is -0.513. The predicted octanol–water partition coefficient (Wildman–Crippen LogP) is 3.71. The molecule has 0 aliphatic carbocycles. The third-order valence-electron chi connectivity index (χ3n) is 5.75. The third-order valence-corrected chi connectivity index (χ3v) is 6.29. The zero-order chi connectivity index (χ0) is 23.7. The molecule has 0 radical (unpaired) electrons. The lowest BCUT2D eigenvalue weighted by Crippen LogP contribution is -2.45. The molecular formula is C23H23Cl2N5O3. The molecule has 0 spiro atoms. The van der Waals surface area contributed by atoms with Gasteiger partial charge in [-0.15, -0.1) is 0 Å². The van der Waals surface area contributed by atoms with Gasteiger partial charge in [-0.05, 0) is 56.2 Å². The van der Waals surface area contributed by atoms with E-state index in [4.69, 9.17) is 23.2 Å². The maximum Gasteiger partial charge on any atom is 0.256 e. The number of amides is 3. The van der Waals surface area contributed by atoms with Crippen LogP contribution in [0.1, 0.15) is 52.3 Å². The fraction of sp³-hybridized carbons (Fsp3) is 0.304. The largest absolute Gasteiger partial charge is 0.357 e. The molecule has 10 heteroatoms. The average Bonchev–Trinajstić information content (AvgIpc) is 3.45. The van der Waals surface area contributed by atoms with Crippen molar-refractivity contribution in [1.82, 2.24) is 25.5 Å². The Morgan fingerprint density at radius 1 is 1.18 bits per heavy atom. The molecule has 3 amide bonds. The number of aromatic nitrogens is 2. The van der Waals surface area contributed by atoms with Crippen LogP contribution in [0.3, 0.4) is 0 Å². The summed E-state index contributed by atoms with van der Waals surface area (Å²) in [6.07, 6.45) is 1.35. The first-order valence-corrected chi connectivity index (χ1v) is 11.3. The Kier molecular flexibility index (Phi) is 6.58. The highest BCUT2D eigenvalue weighted by Gasteiger charge is 2.34. The summed E-state index contributed by atoms with van der Waals surface area (Å²) in [5.41, 5.74) is 2.10. The van der Waals surface area contributed by atoms with Crippen LogP contribution >= 0.6 is 23.2 Å². The molecule has 2 atom stereocenters. The van der Waals surface area contributed by atoms with E-state index in [1.165, 1.54) is 17.0 Å². The van der Waals surface area contributed by atoms with Crippen LogP contribution in [0, 0.1) is 0 Å². The first kappa shape index (κ1) is 23.1. The number of halogens is 2. The van der Waals surface area contributed by atoms with Gasteiger partial charge in [0.25, 0.3) is 11.8 Å². The average molecular weight is 488 g/mol. The van der Waals surface area contributed by atoms with Crippen LogP contribution < -0.4 is 10.6 Å². The SMILES string of the molecule is CNC(=O)[C@@H]1CCCN1C(=O)c1ccc(C(=O)NC(C)c2nc3cc(Cl)ccc3[nH]2)cc1Cl. The quantitative estimate of drug-likeness (QED) is 0.509. The van der Waals surface area contributed by atoms with E-state index in [0.29, 0.717) is 34.9 Å². The maximum absolute atomic E-state index is 13.0. The number of hydrogen-bond acceptors (Lipinski definition) is 4. The van der Waals surface area contributed by atoms with E-state index in [2.05, 4.69) is 20.6 Å². The van der Waals surface area contributed by atoms with Crippen LogP contribution in [0.25, 0.3) is 11.0 Å². The Balaban J connectivity index is 1.48. The summed E-state index contributed by atoms with van der Waals surface area (Å²) in [5, 5.41) is 6.20. The number of fused-ring (bicyclic) bond motifs is 1. The summed E-state index contributed by atoms with van der Waals surface area (Å²) in [6, 6.07) is 8.95. The van der Waals surface area contributed by atoms with Gasteiger partial charge in [-0.2, -0.15) is 0 Å². The number of nitrogens with zero attached hydrogens (tertiary/aromatic N) is 2. The van der Waals surface area contributed by atoms with Gasteiger partial charge in [0.15, 0.2) is 0 Å². The number of aromatic amines is 1. The summed E-state index contributed by atoms with van der Waals surface area (Å²) >= 11 is 12.4. The molecule has 0 bridgehead atoms. The second kappa shape index (κ2) is 9.41. The van der Waals surface area contributed by atoms with Crippen molar-refractivity contribution in [2.45, 2.75) is 31.8 Å². The summed E-state index contributed by atoms with van der Waals surface area (Å²) in [7, 11) is 1.55. The number of rotatable bonds is 5. The van der Waals surface area contributed by atoms with Crippen LogP contribution in [-0.2, 0) is 4.79 Å². The standard InChI is InChI=1S/C23H23Cl2N5O3/c1-12(20-28-17-8-6-14(24)11-18(17)29-20)27-21(31)13-5-7-15(16(25)10-13)23(33)30-9-3-4-19(30)22(32)26-2/h5-8,10-12,19H,3-4,9H2,1-2H3,(H,26,32)(H,27,31)(H,28,29)/t12?,19-/m0/s1. The lowest BCUT2D eigenvalue weighted by molar-refractivity contribution is -0.124. The topological polar surface area (TPSA) is 107 Å². The maximum atomic E-state index is 13.0. The number of H-pyrrole nitrogens is 1. The van der Waals surface area contributed by atoms with Crippen molar-refractivity contribution >= 4 is 52.0 Å². The molecule has 1 unspecified atom stereocenters. The van der Waals surface area contributed by atoms with Gasteiger partial charge in [-0.25, -0.2) is 4.98 Å². The van der Waals surface area contributed by atoms with E-state index in [1.807, 2.05) is 13.0 Å². The van der Waals surface area contributed by atoms with Gasteiger partial charge in [0.2, 0.25) is 5.91 Å². The first-order valence-electron chi connectivity index (χ1n) is 10.6. The van der Waals surface area contributed by atoms with Crippen LogP contribution in [-0.4, -0.2) is 52.2 Å². The van der Waals surface area contributed by atoms with Crippen LogP contribution in [0.15, 0.2) is 36.4 Å². The van der Waals surface area contributed by atoms with Gasteiger partial charge >= 0.3 is 0 Å². The van der Waals surface area contributed by atoms with E-state index < -0.39 is 12.1 Å². The van der Waals surface area contributed by atoms with E-state index in [9.17, 15) is 14.4 Å².